The Kier molecular flexibility index (Phi) is 5.93. The van der Waals surface area contributed by atoms with Gasteiger partial charge >= 0.3 is 6.09 Å². The Labute approximate surface area is 128 Å². The number of hydrogen-bond donors (Lipinski definition) is 2. The molecular formula is C14H20N4O4. The molecule has 8 heteroatoms. The summed E-state index contributed by atoms with van der Waals surface area (Å²) >= 11 is 0. The highest BCUT2D eigenvalue weighted by Gasteiger charge is 2.16. The molecule has 1 aliphatic rings. The Balaban J connectivity index is 1.61. The summed E-state index contributed by atoms with van der Waals surface area (Å²) in [6.45, 7) is 0.597. The fourth-order valence-electron chi connectivity index (χ4n) is 2.38. The van der Waals surface area contributed by atoms with E-state index < -0.39 is 11.0 Å². The minimum Gasteiger partial charge on any atom is -0.448 e. The highest BCUT2D eigenvalue weighted by atomic mass is 16.6. The summed E-state index contributed by atoms with van der Waals surface area (Å²) in [5.41, 5.74) is -0.0614. The van der Waals surface area contributed by atoms with Crippen LogP contribution < -0.4 is 10.6 Å². The summed E-state index contributed by atoms with van der Waals surface area (Å²) in [6, 6.07) is 3.11. The quantitative estimate of drug-likeness (QED) is 0.475. The lowest BCUT2D eigenvalue weighted by atomic mass is 9.96. The lowest BCUT2D eigenvalue weighted by Gasteiger charge is -2.22. The number of alkyl carbamates (subject to hydrolysis) is 1. The number of carbonyl (C=O) groups excluding carboxylic acids is 1. The van der Waals surface area contributed by atoms with Gasteiger partial charge in [-0.05, 0) is 18.9 Å². The number of pyridine rings is 1. The fraction of sp³-hybridized carbons (Fsp3) is 0.571. The number of hydrogen-bond acceptors (Lipinski definition) is 6. The first kappa shape index (κ1) is 16.0. The number of nitrogens with one attached hydrogen (secondary N) is 2. The third-order valence-electron chi connectivity index (χ3n) is 3.53. The third-order valence-corrected chi connectivity index (χ3v) is 3.53. The molecule has 2 N–H and O–H groups in total. The van der Waals surface area contributed by atoms with Crippen molar-refractivity contribution in [2.24, 2.45) is 0 Å². The van der Waals surface area contributed by atoms with Crippen molar-refractivity contribution in [1.29, 1.82) is 0 Å². The normalized spacial score (nSPS) is 15.1. The molecule has 120 valence electrons. The average Bonchev–Trinajstić information content (AvgIpc) is 2.53. The molecule has 1 amide bonds. The Hall–Kier alpha value is -2.38. The average molecular weight is 308 g/mol. The van der Waals surface area contributed by atoms with Gasteiger partial charge in [0.1, 0.15) is 18.6 Å². The number of carbonyl (C=O) groups is 1. The number of amides is 1. The third kappa shape index (κ3) is 5.19. The Bertz CT molecular complexity index is 500. The van der Waals surface area contributed by atoms with E-state index in [1.807, 2.05) is 0 Å². The molecule has 0 spiro atoms. The largest absolute Gasteiger partial charge is 0.448 e. The van der Waals surface area contributed by atoms with Gasteiger partial charge in [0.05, 0.1) is 11.5 Å². The SMILES string of the molecule is O=C(NC1CCCCC1)OCCNc1ccc([N+](=O)[O-])cn1. The highest BCUT2D eigenvalue weighted by molar-refractivity contribution is 5.67. The van der Waals surface area contributed by atoms with Gasteiger partial charge in [-0.15, -0.1) is 0 Å². The van der Waals surface area contributed by atoms with E-state index in [1.54, 1.807) is 0 Å². The van der Waals surface area contributed by atoms with E-state index in [0.717, 1.165) is 25.7 Å². The zero-order valence-electron chi connectivity index (χ0n) is 12.3. The second-order valence-electron chi connectivity index (χ2n) is 5.20. The van der Waals surface area contributed by atoms with Crippen LogP contribution in [0.15, 0.2) is 18.3 Å². The summed E-state index contributed by atoms with van der Waals surface area (Å²) in [5, 5.41) is 16.3. The smallest absolute Gasteiger partial charge is 0.407 e. The number of ether oxygens (including phenoxy) is 1. The summed E-state index contributed by atoms with van der Waals surface area (Å²) in [6.07, 6.45) is 6.35. The molecule has 1 fully saturated rings. The van der Waals surface area contributed by atoms with E-state index in [4.69, 9.17) is 4.74 Å². The first-order valence-electron chi connectivity index (χ1n) is 7.43. The Morgan fingerprint density at radius 3 is 2.77 bits per heavy atom. The molecule has 0 saturated heterocycles. The molecule has 22 heavy (non-hydrogen) atoms. The Morgan fingerprint density at radius 2 is 2.14 bits per heavy atom. The number of aromatic nitrogens is 1. The zero-order valence-corrected chi connectivity index (χ0v) is 12.3. The fourth-order valence-corrected chi connectivity index (χ4v) is 2.38. The number of nitro groups is 1. The molecule has 0 unspecified atom stereocenters. The molecule has 1 aliphatic carbocycles. The van der Waals surface area contributed by atoms with Crippen LogP contribution in [0, 0.1) is 10.1 Å². The minimum atomic E-state index is -0.504. The molecule has 0 bridgehead atoms. The van der Waals surface area contributed by atoms with Crippen LogP contribution in [0.2, 0.25) is 0 Å². The molecule has 8 nitrogen and oxygen atoms in total. The molecule has 0 aromatic carbocycles. The molecule has 0 atom stereocenters. The first-order valence-corrected chi connectivity index (χ1v) is 7.43. The standard InChI is InChI=1S/C14H20N4O4/c19-14(17-11-4-2-1-3-5-11)22-9-8-15-13-7-6-12(10-16-13)18(20)21/h6-7,10-11H,1-5,8-9H2,(H,15,16)(H,17,19). The maximum atomic E-state index is 11.6. The van der Waals surface area contributed by atoms with Crippen LogP contribution in [0.25, 0.3) is 0 Å². The van der Waals surface area contributed by atoms with E-state index in [0.29, 0.717) is 12.4 Å². The van der Waals surface area contributed by atoms with E-state index in [2.05, 4.69) is 15.6 Å². The van der Waals surface area contributed by atoms with Crippen molar-refractivity contribution >= 4 is 17.6 Å². The number of rotatable bonds is 6. The van der Waals surface area contributed by atoms with Gasteiger partial charge < -0.3 is 15.4 Å². The van der Waals surface area contributed by atoms with Crippen molar-refractivity contribution in [2.75, 3.05) is 18.5 Å². The van der Waals surface area contributed by atoms with Gasteiger partial charge in [-0.2, -0.15) is 0 Å². The van der Waals surface area contributed by atoms with E-state index in [9.17, 15) is 14.9 Å². The summed E-state index contributed by atoms with van der Waals surface area (Å²) in [7, 11) is 0. The van der Waals surface area contributed by atoms with Crippen molar-refractivity contribution in [1.82, 2.24) is 10.3 Å². The van der Waals surface area contributed by atoms with Crippen molar-refractivity contribution in [3.63, 3.8) is 0 Å². The first-order chi connectivity index (χ1) is 10.6. The van der Waals surface area contributed by atoms with Gasteiger partial charge in [-0.25, -0.2) is 9.78 Å². The molecule has 1 aromatic rings. The van der Waals surface area contributed by atoms with Gasteiger partial charge in [0.2, 0.25) is 0 Å². The van der Waals surface area contributed by atoms with Gasteiger partial charge in [-0.3, -0.25) is 10.1 Å². The van der Waals surface area contributed by atoms with Crippen LogP contribution >= 0.6 is 0 Å². The lowest BCUT2D eigenvalue weighted by molar-refractivity contribution is -0.385. The maximum absolute atomic E-state index is 11.6. The summed E-state index contributed by atoms with van der Waals surface area (Å²) in [5.74, 6) is 0.502. The van der Waals surface area contributed by atoms with Crippen molar-refractivity contribution in [3.8, 4) is 0 Å². The predicted molar refractivity (Wildman–Crippen MR) is 80.7 cm³/mol. The van der Waals surface area contributed by atoms with Gasteiger partial charge in [0.15, 0.2) is 0 Å². The number of anilines is 1. The summed E-state index contributed by atoms with van der Waals surface area (Å²) < 4.78 is 5.08. The van der Waals surface area contributed by atoms with E-state index in [-0.39, 0.29) is 18.3 Å². The van der Waals surface area contributed by atoms with Crippen molar-refractivity contribution in [3.05, 3.63) is 28.4 Å². The molecule has 0 aliphatic heterocycles. The Morgan fingerprint density at radius 1 is 1.36 bits per heavy atom. The van der Waals surface area contributed by atoms with Crippen molar-refractivity contribution in [2.45, 2.75) is 38.1 Å². The number of nitrogens with zero attached hydrogens (tertiary/aromatic N) is 2. The molecule has 0 radical (unpaired) electrons. The van der Waals surface area contributed by atoms with E-state index in [1.165, 1.54) is 24.8 Å². The second-order valence-corrected chi connectivity index (χ2v) is 5.20. The van der Waals surface area contributed by atoms with Gasteiger partial charge in [0.25, 0.3) is 5.69 Å². The van der Waals surface area contributed by atoms with Crippen LogP contribution in [0.3, 0.4) is 0 Å². The van der Waals surface area contributed by atoms with Crippen LogP contribution in [-0.2, 0) is 4.74 Å². The molecule has 2 rings (SSSR count). The van der Waals surface area contributed by atoms with Gasteiger partial charge in [0, 0.05) is 12.1 Å². The monoisotopic (exact) mass is 308 g/mol. The lowest BCUT2D eigenvalue weighted by Crippen LogP contribution is -2.37. The second kappa shape index (κ2) is 8.16. The molecule has 1 aromatic heterocycles. The summed E-state index contributed by atoms with van der Waals surface area (Å²) in [4.78, 5) is 25.5. The van der Waals surface area contributed by atoms with Gasteiger partial charge in [-0.1, -0.05) is 19.3 Å². The topological polar surface area (TPSA) is 106 Å². The molecule has 1 saturated carbocycles. The van der Waals surface area contributed by atoms with Crippen molar-refractivity contribution < 1.29 is 14.5 Å². The maximum Gasteiger partial charge on any atom is 0.407 e. The molecule has 1 heterocycles. The van der Waals surface area contributed by atoms with Crippen LogP contribution in [0.1, 0.15) is 32.1 Å². The highest BCUT2D eigenvalue weighted by Crippen LogP contribution is 2.17. The van der Waals surface area contributed by atoms with Crippen LogP contribution in [0.4, 0.5) is 16.3 Å². The predicted octanol–water partition coefficient (Wildman–Crippen LogP) is 2.46. The van der Waals surface area contributed by atoms with E-state index >= 15 is 0 Å². The molecular weight excluding hydrogens is 288 g/mol. The zero-order chi connectivity index (χ0) is 15.8. The van der Waals surface area contributed by atoms with Crippen LogP contribution in [-0.4, -0.2) is 35.2 Å². The minimum absolute atomic E-state index is 0.0614. The van der Waals surface area contributed by atoms with Crippen LogP contribution in [0.5, 0.6) is 0 Å².